The molecule has 0 radical (unpaired) electrons. The fourth-order valence-corrected chi connectivity index (χ4v) is 2.77. The molecular weight excluding hydrogens is 378 g/mol. The molecule has 4 N–H and O–H groups in total. The number of aromatic amines is 1. The molecule has 10 heteroatoms. The summed E-state index contributed by atoms with van der Waals surface area (Å²) in [6, 6.07) is 8.67. The van der Waals surface area contributed by atoms with Crippen molar-refractivity contribution in [3.63, 3.8) is 0 Å². The zero-order valence-corrected chi connectivity index (χ0v) is 16.0. The van der Waals surface area contributed by atoms with Gasteiger partial charge in [-0.05, 0) is 43.7 Å². The average Bonchev–Trinajstić information content (AvgIpc) is 3.19. The van der Waals surface area contributed by atoms with Crippen molar-refractivity contribution in [1.82, 2.24) is 15.2 Å². The minimum absolute atomic E-state index is 0.231. The summed E-state index contributed by atoms with van der Waals surface area (Å²) in [5.41, 5.74) is 7.01. The number of nitrogens with one attached hydrogen (secondary N) is 1. The summed E-state index contributed by atoms with van der Waals surface area (Å²) >= 11 is 0. The van der Waals surface area contributed by atoms with Gasteiger partial charge >= 0.3 is 5.69 Å². The molecule has 0 aliphatic rings. The summed E-state index contributed by atoms with van der Waals surface area (Å²) in [6.45, 7) is 4.75. The molecule has 0 saturated heterocycles. The van der Waals surface area contributed by atoms with Crippen LogP contribution in [-0.2, 0) is 0 Å². The fourth-order valence-electron chi connectivity index (χ4n) is 2.77. The standard InChI is InChI=1S/C19H21N5O5/c1-3-28-15-8-6-11(10-16(15)29-4-2)17(20)19-21-18(22-23-19)12-5-7-14(25)13(9-12)24(26)27/h5-10,17,25H,3-4,20H2,1-2H3,(H,21,22,23)/t17-/m1/s1. The quantitative estimate of drug-likeness (QED) is 0.386. The lowest BCUT2D eigenvalue weighted by atomic mass is 10.1. The number of nitro benzene ring substituents is 1. The van der Waals surface area contributed by atoms with Gasteiger partial charge in [0.05, 0.1) is 24.2 Å². The third kappa shape index (κ3) is 4.27. The number of hydrogen-bond donors (Lipinski definition) is 3. The van der Waals surface area contributed by atoms with Gasteiger partial charge in [0, 0.05) is 11.6 Å². The lowest BCUT2D eigenvalue weighted by molar-refractivity contribution is -0.385. The van der Waals surface area contributed by atoms with Crippen LogP contribution in [0.4, 0.5) is 5.69 Å². The first kappa shape index (κ1) is 20.1. The van der Waals surface area contributed by atoms with Gasteiger partial charge in [-0.15, -0.1) is 0 Å². The van der Waals surface area contributed by atoms with Crippen LogP contribution in [-0.4, -0.2) is 38.4 Å². The van der Waals surface area contributed by atoms with E-state index >= 15 is 0 Å². The van der Waals surface area contributed by atoms with Crippen LogP contribution in [0.15, 0.2) is 36.4 Å². The maximum Gasteiger partial charge on any atom is 0.311 e. The zero-order chi connectivity index (χ0) is 21.0. The van der Waals surface area contributed by atoms with E-state index in [1.807, 2.05) is 19.9 Å². The van der Waals surface area contributed by atoms with E-state index in [4.69, 9.17) is 15.2 Å². The van der Waals surface area contributed by atoms with Crippen molar-refractivity contribution in [2.75, 3.05) is 13.2 Å². The summed E-state index contributed by atoms with van der Waals surface area (Å²) in [5.74, 6) is 1.39. The first-order valence-corrected chi connectivity index (χ1v) is 8.99. The lowest BCUT2D eigenvalue weighted by Crippen LogP contribution is -2.14. The molecule has 0 aliphatic carbocycles. The second-order valence-electron chi connectivity index (χ2n) is 6.05. The predicted molar refractivity (Wildman–Crippen MR) is 105 cm³/mol. The maximum absolute atomic E-state index is 11.0. The number of hydrogen-bond acceptors (Lipinski definition) is 8. The molecule has 3 rings (SSSR count). The summed E-state index contributed by atoms with van der Waals surface area (Å²) in [4.78, 5) is 14.7. The number of ether oxygens (including phenoxy) is 2. The minimum atomic E-state index is -0.673. The van der Waals surface area contributed by atoms with Gasteiger partial charge in [0.15, 0.2) is 23.1 Å². The van der Waals surface area contributed by atoms with E-state index in [2.05, 4.69) is 15.2 Å². The molecule has 29 heavy (non-hydrogen) atoms. The highest BCUT2D eigenvalue weighted by Gasteiger charge is 2.20. The van der Waals surface area contributed by atoms with Crippen LogP contribution < -0.4 is 15.2 Å². The van der Waals surface area contributed by atoms with Gasteiger partial charge < -0.3 is 20.3 Å². The minimum Gasteiger partial charge on any atom is -0.502 e. The number of nitrogens with two attached hydrogens (primary N) is 1. The molecule has 0 saturated carbocycles. The molecule has 1 atom stereocenters. The van der Waals surface area contributed by atoms with Crippen LogP contribution in [0.3, 0.4) is 0 Å². The first-order valence-electron chi connectivity index (χ1n) is 8.99. The number of aromatic hydroxyl groups is 1. The van der Waals surface area contributed by atoms with Crippen molar-refractivity contribution >= 4 is 5.69 Å². The highest BCUT2D eigenvalue weighted by atomic mass is 16.6. The summed E-state index contributed by atoms with van der Waals surface area (Å²) in [6.07, 6.45) is 0. The van der Waals surface area contributed by atoms with Crippen LogP contribution in [0.5, 0.6) is 17.2 Å². The maximum atomic E-state index is 11.0. The Kier molecular flexibility index (Phi) is 5.93. The van der Waals surface area contributed by atoms with Crippen molar-refractivity contribution < 1.29 is 19.5 Å². The van der Waals surface area contributed by atoms with Crippen LogP contribution >= 0.6 is 0 Å². The highest BCUT2D eigenvalue weighted by Crippen LogP contribution is 2.33. The van der Waals surface area contributed by atoms with Crippen molar-refractivity contribution in [1.29, 1.82) is 0 Å². The Hall–Kier alpha value is -3.66. The number of H-pyrrole nitrogens is 1. The van der Waals surface area contributed by atoms with Gasteiger partial charge in [0.2, 0.25) is 0 Å². The Morgan fingerprint density at radius 1 is 1.17 bits per heavy atom. The molecule has 0 unspecified atom stereocenters. The number of nitro groups is 1. The molecule has 0 bridgehead atoms. The highest BCUT2D eigenvalue weighted by molar-refractivity contribution is 5.63. The topological polar surface area (TPSA) is 149 Å². The smallest absolute Gasteiger partial charge is 0.311 e. The van der Waals surface area contributed by atoms with Crippen molar-refractivity contribution in [2.24, 2.45) is 5.73 Å². The number of benzene rings is 2. The Balaban J connectivity index is 1.89. The van der Waals surface area contributed by atoms with Crippen LogP contribution in [0.2, 0.25) is 0 Å². The number of rotatable bonds is 8. The molecule has 0 fully saturated rings. The van der Waals surface area contributed by atoms with Crippen LogP contribution in [0.25, 0.3) is 11.4 Å². The molecule has 1 heterocycles. The van der Waals surface area contributed by atoms with Gasteiger partial charge in [-0.3, -0.25) is 15.2 Å². The Labute approximate surface area is 166 Å². The van der Waals surface area contributed by atoms with Crippen molar-refractivity contribution in [3.8, 4) is 28.6 Å². The Morgan fingerprint density at radius 2 is 1.90 bits per heavy atom. The molecule has 2 aromatic carbocycles. The number of aromatic nitrogens is 3. The van der Waals surface area contributed by atoms with E-state index in [-0.39, 0.29) is 5.82 Å². The summed E-state index contributed by atoms with van der Waals surface area (Å²) in [7, 11) is 0. The van der Waals surface area contributed by atoms with E-state index in [1.165, 1.54) is 18.2 Å². The second-order valence-corrected chi connectivity index (χ2v) is 6.05. The molecule has 10 nitrogen and oxygen atoms in total. The summed E-state index contributed by atoms with van der Waals surface area (Å²) < 4.78 is 11.2. The van der Waals surface area contributed by atoms with E-state index in [0.717, 1.165) is 5.56 Å². The number of phenols is 1. The third-order valence-electron chi connectivity index (χ3n) is 4.15. The molecule has 0 amide bonds. The zero-order valence-electron chi connectivity index (χ0n) is 16.0. The second kappa shape index (κ2) is 8.57. The predicted octanol–water partition coefficient (Wildman–Crippen LogP) is 2.93. The van der Waals surface area contributed by atoms with Gasteiger partial charge in [-0.1, -0.05) is 6.07 Å². The van der Waals surface area contributed by atoms with Crippen molar-refractivity contribution in [3.05, 3.63) is 57.9 Å². The monoisotopic (exact) mass is 399 g/mol. The van der Waals surface area contributed by atoms with Crippen LogP contribution in [0.1, 0.15) is 31.3 Å². The molecule has 0 spiro atoms. The van der Waals surface area contributed by atoms with Crippen LogP contribution in [0, 0.1) is 10.1 Å². The van der Waals surface area contributed by atoms with E-state index in [9.17, 15) is 15.2 Å². The van der Waals surface area contributed by atoms with E-state index in [1.54, 1.807) is 12.1 Å². The Bertz CT molecular complexity index is 1020. The number of phenolic OH excluding ortho intramolecular Hbond substituents is 1. The SMILES string of the molecule is CCOc1ccc([C@@H](N)c2nc(-c3ccc(O)c([N+](=O)[O-])c3)n[nH]2)cc1OCC. The normalized spacial score (nSPS) is 11.8. The number of nitrogens with zero attached hydrogens (tertiary/aromatic N) is 3. The summed E-state index contributed by atoms with van der Waals surface area (Å²) in [5, 5.41) is 27.5. The Morgan fingerprint density at radius 3 is 2.59 bits per heavy atom. The molecule has 1 aromatic heterocycles. The molecular formula is C19H21N5O5. The largest absolute Gasteiger partial charge is 0.502 e. The average molecular weight is 399 g/mol. The van der Waals surface area contributed by atoms with Gasteiger partial charge in [-0.25, -0.2) is 4.98 Å². The van der Waals surface area contributed by atoms with Gasteiger partial charge in [-0.2, -0.15) is 5.10 Å². The fraction of sp³-hybridized carbons (Fsp3) is 0.263. The van der Waals surface area contributed by atoms with Gasteiger partial charge in [0.1, 0.15) is 5.82 Å². The molecule has 3 aromatic rings. The third-order valence-corrected chi connectivity index (χ3v) is 4.15. The molecule has 152 valence electrons. The van der Waals surface area contributed by atoms with Gasteiger partial charge in [0.25, 0.3) is 0 Å². The van der Waals surface area contributed by atoms with E-state index in [0.29, 0.717) is 36.1 Å². The first-order chi connectivity index (χ1) is 13.9. The lowest BCUT2D eigenvalue weighted by Gasteiger charge is -2.14. The molecule has 0 aliphatic heterocycles. The van der Waals surface area contributed by atoms with E-state index < -0.39 is 22.4 Å². The van der Waals surface area contributed by atoms with Crippen molar-refractivity contribution in [2.45, 2.75) is 19.9 Å².